The number of hydrogen-bond acceptors (Lipinski definition) is 6. The molecule has 2 aliphatic rings. The molecule has 4 heterocycles. The number of rotatable bonds is 4. The average molecular weight is 425 g/mol. The molecule has 1 aliphatic carbocycles. The number of fused-ring (bicyclic) bond motifs is 3. The minimum atomic E-state index is -0.0271. The molecule has 1 atom stereocenters. The first-order chi connectivity index (χ1) is 14.7. The van der Waals surface area contributed by atoms with Crippen LogP contribution in [0.15, 0.2) is 22.8 Å². The molecule has 0 aromatic carbocycles. The van der Waals surface area contributed by atoms with Crippen LogP contribution in [0.1, 0.15) is 65.8 Å². The molecule has 5 rings (SSSR count). The SMILES string of the molecule is CC[C@H](C)c1nc(N2CCN(C(=O)c3ccco3)CC2)c2c3c(sc2n1)CCCC3. The van der Waals surface area contributed by atoms with Crippen molar-refractivity contribution in [1.82, 2.24) is 14.9 Å². The van der Waals surface area contributed by atoms with Crippen LogP contribution >= 0.6 is 11.3 Å². The van der Waals surface area contributed by atoms with Crippen molar-refractivity contribution >= 4 is 33.3 Å². The Morgan fingerprint density at radius 1 is 1.20 bits per heavy atom. The van der Waals surface area contributed by atoms with Gasteiger partial charge in [0.1, 0.15) is 16.5 Å². The summed E-state index contributed by atoms with van der Waals surface area (Å²) in [6.07, 6.45) is 7.40. The molecule has 0 spiro atoms. The summed E-state index contributed by atoms with van der Waals surface area (Å²) in [7, 11) is 0. The molecule has 3 aromatic heterocycles. The van der Waals surface area contributed by atoms with E-state index in [-0.39, 0.29) is 5.91 Å². The van der Waals surface area contributed by atoms with Crippen molar-refractivity contribution in [3.05, 3.63) is 40.4 Å². The highest BCUT2D eigenvalue weighted by Gasteiger charge is 2.29. The van der Waals surface area contributed by atoms with Crippen LogP contribution in [0.3, 0.4) is 0 Å². The average Bonchev–Trinajstić information content (AvgIpc) is 3.45. The van der Waals surface area contributed by atoms with E-state index >= 15 is 0 Å². The Hall–Kier alpha value is -2.41. The Kier molecular flexibility index (Phi) is 5.23. The molecule has 158 valence electrons. The third-order valence-corrected chi connectivity index (χ3v) is 7.65. The van der Waals surface area contributed by atoms with E-state index in [4.69, 9.17) is 14.4 Å². The van der Waals surface area contributed by atoms with E-state index in [0.29, 0.717) is 24.8 Å². The molecule has 6 nitrogen and oxygen atoms in total. The first-order valence-corrected chi connectivity index (χ1v) is 11.9. The highest BCUT2D eigenvalue weighted by atomic mass is 32.1. The van der Waals surface area contributed by atoms with Crippen molar-refractivity contribution < 1.29 is 9.21 Å². The largest absolute Gasteiger partial charge is 0.459 e. The Balaban J connectivity index is 1.47. The summed E-state index contributed by atoms with van der Waals surface area (Å²) >= 11 is 1.87. The van der Waals surface area contributed by atoms with Crippen LogP contribution in [0.25, 0.3) is 10.2 Å². The minimum absolute atomic E-state index is 0.0271. The van der Waals surface area contributed by atoms with E-state index < -0.39 is 0 Å². The third kappa shape index (κ3) is 3.39. The van der Waals surface area contributed by atoms with Crippen molar-refractivity contribution in [2.45, 2.75) is 51.9 Å². The van der Waals surface area contributed by atoms with Crippen LogP contribution in [0.2, 0.25) is 0 Å². The lowest BCUT2D eigenvalue weighted by Gasteiger charge is -2.35. The summed E-state index contributed by atoms with van der Waals surface area (Å²) in [5, 5.41) is 1.27. The smallest absolute Gasteiger partial charge is 0.289 e. The van der Waals surface area contributed by atoms with Gasteiger partial charge in [0.2, 0.25) is 0 Å². The Labute approximate surface area is 180 Å². The van der Waals surface area contributed by atoms with Gasteiger partial charge in [0.05, 0.1) is 11.6 Å². The van der Waals surface area contributed by atoms with Crippen molar-refractivity contribution in [2.75, 3.05) is 31.1 Å². The molecule has 1 amide bonds. The molecule has 7 heteroatoms. The van der Waals surface area contributed by atoms with Crippen LogP contribution in [-0.2, 0) is 12.8 Å². The molecule has 30 heavy (non-hydrogen) atoms. The number of hydrogen-bond donors (Lipinski definition) is 0. The van der Waals surface area contributed by atoms with Gasteiger partial charge in [0.25, 0.3) is 5.91 Å². The van der Waals surface area contributed by atoms with Gasteiger partial charge in [-0.3, -0.25) is 4.79 Å². The van der Waals surface area contributed by atoms with Gasteiger partial charge < -0.3 is 14.2 Å². The maximum atomic E-state index is 12.6. The van der Waals surface area contributed by atoms with Crippen molar-refractivity contribution in [1.29, 1.82) is 0 Å². The molecule has 0 bridgehead atoms. The number of furan rings is 1. The number of thiophene rings is 1. The predicted octanol–water partition coefficient (Wildman–Crippen LogP) is 4.64. The molecule has 1 fully saturated rings. The summed E-state index contributed by atoms with van der Waals surface area (Å²) in [6, 6.07) is 3.50. The summed E-state index contributed by atoms with van der Waals surface area (Å²) < 4.78 is 5.30. The van der Waals surface area contributed by atoms with Gasteiger partial charge >= 0.3 is 0 Å². The maximum absolute atomic E-state index is 12.6. The number of nitrogens with zero attached hydrogens (tertiary/aromatic N) is 4. The van der Waals surface area contributed by atoms with Crippen LogP contribution in [0.4, 0.5) is 5.82 Å². The highest BCUT2D eigenvalue weighted by Crippen LogP contribution is 2.40. The van der Waals surface area contributed by atoms with Crippen LogP contribution in [0, 0.1) is 0 Å². The molecular weight excluding hydrogens is 396 g/mol. The van der Waals surface area contributed by atoms with Crippen molar-refractivity contribution in [3.63, 3.8) is 0 Å². The predicted molar refractivity (Wildman–Crippen MR) is 120 cm³/mol. The van der Waals surface area contributed by atoms with Gasteiger partial charge in [0, 0.05) is 37.0 Å². The number of carbonyl (C=O) groups excluding carboxylic acids is 1. The van der Waals surface area contributed by atoms with Crippen LogP contribution in [-0.4, -0.2) is 47.0 Å². The van der Waals surface area contributed by atoms with Gasteiger partial charge in [-0.1, -0.05) is 13.8 Å². The van der Waals surface area contributed by atoms with Gasteiger partial charge in [-0.15, -0.1) is 11.3 Å². The highest BCUT2D eigenvalue weighted by molar-refractivity contribution is 7.19. The molecule has 0 radical (unpaired) electrons. The summed E-state index contributed by atoms with van der Waals surface area (Å²) in [6.45, 7) is 7.31. The van der Waals surface area contributed by atoms with E-state index in [2.05, 4.69) is 18.7 Å². The fourth-order valence-electron chi connectivity index (χ4n) is 4.46. The van der Waals surface area contributed by atoms with Crippen LogP contribution in [0.5, 0.6) is 0 Å². The molecular formula is C23H28N4O2S. The second-order valence-corrected chi connectivity index (χ2v) is 9.45. The molecule has 0 unspecified atom stereocenters. The lowest BCUT2D eigenvalue weighted by Crippen LogP contribution is -2.49. The Morgan fingerprint density at radius 3 is 2.73 bits per heavy atom. The van der Waals surface area contributed by atoms with Crippen molar-refractivity contribution in [2.24, 2.45) is 0 Å². The second-order valence-electron chi connectivity index (χ2n) is 8.36. The van der Waals surface area contributed by atoms with Gasteiger partial charge in [-0.05, 0) is 49.8 Å². The van der Waals surface area contributed by atoms with Crippen LogP contribution < -0.4 is 4.90 Å². The van der Waals surface area contributed by atoms with E-state index in [1.807, 2.05) is 16.2 Å². The van der Waals surface area contributed by atoms with E-state index in [1.54, 1.807) is 18.4 Å². The lowest BCUT2D eigenvalue weighted by molar-refractivity contribution is 0.0714. The molecule has 0 N–H and O–H groups in total. The Bertz CT molecular complexity index is 1050. The number of aromatic nitrogens is 2. The molecule has 1 aliphatic heterocycles. The monoisotopic (exact) mass is 424 g/mol. The molecule has 3 aromatic rings. The van der Waals surface area contributed by atoms with Gasteiger partial charge in [-0.25, -0.2) is 9.97 Å². The van der Waals surface area contributed by atoms with E-state index in [0.717, 1.165) is 42.4 Å². The van der Waals surface area contributed by atoms with Gasteiger partial charge in [-0.2, -0.15) is 0 Å². The standard InChI is InChI=1S/C23H28N4O2S/c1-3-15(2)20-24-21(19-16-7-4-5-9-18(16)30-22(19)25-20)26-10-12-27(13-11-26)23(28)17-8-6-14-29-17/h6,8,14-15H,3-5,7,9-13H2,1-2H3/t15-/m0/s1. The Morgan fingerprint density at radius 2 is 2.00 bits per heavy atom. The minimum Gasteiger partial charge on any atom is -0.459 e. The van der Waals surface area contributed by atoms with E-state index in [9.17, 15) is 4.79 Å². The fourth-order valence-corrected chi connectivity index (χ4v) is 5.73. The van der Waals surface area contributed by atoms with E-state index in [1.165, 1.54) is 35.1 Å². The first kappa shape index (κ1) is 19.5. The number of carbonyl (C=O) groups is 1. The summed E-state index contributed by atoms with van der Waals surface area (Å²) in [5.74, 6) is 2.76. The zero-order chi connectivity index (χ0) is 20.7. The number of piperazine rings is 1. The number of anilines is 1. The number of amides is 1. The summed E-state index contributed by atoms with van der Waals surface area (Å²) in [4.78, 5) is 29.6. The zero-order valence-electron chi connectivity index (χ0n) is 17.7. The maximum Gasteiger partial charge on any atom is 0.289 e. The molecule has 1 saturated heterocycles. The topological polar surface area (TPSA) is 62.5 Å². The van der Waals surface area contributed by atoms with Crippen molar-refractivity contribution in [3.8, 4) is 0 Å². The second kappa shape index (κ2) is 8.02. The third-order valence-electron chi connectivity index (χ3n) is 6.46. The fraction of sp³-hybridized carbons (Fsp3) is 0.522. The molecule has 0 saturated carbocycles. The van der Waals surface area contributed by atoms with Gasteiger partial charge in [0.15, 0.2) is 5.76 Å². The summed E-state index contributed by atoms with van der Waals surface area (Å²) in [5.41, 5.74) is 1.47. The first-order valence-electron chi connectivity index (χ1n) is 11.1. The number of aryl methyl sites for hydroxylation is 2. The normalized spacial score (nSPS) is 17.9. The quantitative estimate of drug-likeness (QED) is 0.611. The zero-order valence-corrected chi connectivity index (χ0v) is 18.5. The lowest BCUT2D eigenvalue weighted by atomic mass is 9.96.